The van der Waals surface area contributed by atoms with Crippen LogP contribution in [0.1, 0.15) is 17.2 Å². The van der Waals surface area contributed by atoms with Crippen molar-refractivity contribution in [2.24, 2.45) is 0 Å². The maximum atomic E-state index is 12.8. The van der Waals surface area contributed by atoms with Crippen molar-refractivity contribution in [2.75, 3.05) is 46.6 Å². The third kappa shape index (κ3) is 4.56. The van der Waals surface area contributed by atoms with Crippen molar-refractivity contribution in [3.05, 3.63) is 53.6 Å². The molecule has 0 amide bonds. The summed E-state index contributed by atoms with van der Waals surface area (Å²) in [5, 5.41) is 0. The number of ether oxygens (including phenoxy) is 2. The van der Waals surface area contributed by atoms with Crippen molar-refractivity contribution < 1.29 is 17.9 Å². The second-order valence-corrected chi connectivity index (χ2v) is 9.40. The van der Waals surface area contributed by atoms with E-state index in [9.17, 15) is 8.42 Å². The summed E-state index contributed by atoms with van der Waals surface area (Å²) in [4.78, 5) is 4.89. The van der Waals surface area contributed by atoms with Crippen LogP contribution in [0.2, 0.25) is 0 Å². The first-order valence-electron chi connectivity index (χ1n) is 9.81. The normalized spacial score (nSPS) is 18.7. The van der Waals surface area contributed by atoms with Gasteiger partial charge in [-0.15, -0.1) is 0 Å². The van der Waals surface area contributed by atoms with Crippen LogP contribution in [0.3, 0.4) is 0 Å². The van der Waals surface area contributed by atoms with Gasteiger partial charge in [-0.3, -0.25) is 4.90 Å². The molecule has 2 heterocycles. The molecule has 2 aliphatic rings. The number of nitrogens with zero attached hydrogens (tertiary/aromatic N) is 2. The molecule has 0 spiro atoms. The molecule has 2 aliphatic heterocycles. The molecule has 29 heavy (non-hydrogen) atoms. The lowest BCUT2D eigenvalue weighted by atomic mass is 10.0. The van der Waals surface area contributed by atoms with Crippen molar-refractivity contribution in [3.8, 4) is 11.5 Å². The predicted octanol–water partition coefficient (Wildman–Crippen LogP) is 1.99. The summed E-state index contributed by atoms with van der Waals surface area (Å²) in [5.74, 6) is 1.44. The third-order valence-corrected chi connectivity index (χ3v) is 7.00. The summed E-state index contributed by atoms with van der Waals surface area (Å²) < 4.78 is 39.4. The first-order valence-corrected chi connectivity index (χ1v) is 11.3. The Morgan fingerprint density at radius 2 is 1.69 bits per heavy atom. The number of benzene rings is 2. The van der Waals surface area contributed by atoms with Crippen molar-refractivity contribution in [1.82, 2.24) is 14.5 Å². The molecule has 8 heteroatoms. The van der Waals surface area contributed by atoms with Crippen LogP contribution in [0.15, 0.2) is 47.4 Å². The molecular weight excluding hydrogens is 390 g/mol. The molecule has 1 N–H and O–H groups in total. The first-order chi connectivity index (χ1) is 13.9. The number of piperazine rings is 1. The molecule has 1 saturated heterocycles. The van der Waals surface area contributed by atoms with E-state index in [1.54, 1.807) is 12.1 Å². The van der Waals surface area contributed by atoms with Crippen molar-refractivity contribution in [3.63, 3.8) is 0 Å². The Kier molecular flexibility index (Phi) is 5.78. The van der Waals surface area contributed by atoms with Gasteiger partial charge in [0.2, 0.25) is 16.8 Å². The summed E-state index contributed by atoms with van der Waals surface area (Å²) in [6.45, 7) is 6.10. The molecular formula is C21H27N3O4S. The van der Waals surface area contributed by atoms with Gasteiger partial charge in [0, 0.05) is 38.8 Å². The zero-order valence-corrected chi connectivity index (χ0v) is 17.6. The highest BCUT2D eigenvalue weighted by molar-refractivity contribution is 7.89. The van der Waals surface area contributed by atoms with Gasteiger partial charge in [-0.1, -0.05) is 23.8 Å². The largest absolute Gasteiger partial charge is 0.454 e. The molecule has 1 atom stereocenters. The molecule has 2 aromatic rings. The van der Waals surface area contributed by atoms with Gasteiger partial charge in [0.05, 0.1) is 4.90 Å². The lowest BCUT2D eigenvalue weighted by Crippen LogP contribution is -2.48. The minimum atomic E-state index is -3.58. The van der Waals surface area contributed by atoms with Crippen molar-refractivity contribution in [1.29, 1.82) is 0 Å². The number of nitrogens with one attached hydrogen (secondary N) is 1. The number of sulfonamides is 1. The number of fused-ring (bicyclic) bond motifs is 1. The molecule has 0 bridgehead atoms. The fourth-order valence-electron chi connectivity index (χ4n) is 3.70. The second kappa shape index (κ2) is 8.31. The Bertz CT molecular complexity index is 954. The number of rotatable bonds is 6. The Morgan fingerprint density at radius 1 is 1.00 bits per heavy atom. The van der Waals surface area contributed by atoms with E-state index in [1.165, 1.54) is 0 Å². The Labute approximate surface area is 172 Å². The Morgan fingerprint density at radius 3 is 2.41 bits per heavy atom. The topological polar surface area (TPSA) is 71.1 Å². The van der Waals surface area contributed by atoms with Gasteiger partial charge in [0.25, 0.3) is 0 Å². The lowest BCUT2D eigenvalue weighted by Gasteiger charge is -2.38. The summed E-state index contributed by atoms with van der Waals surface area (Å²) in [6, 6.07) is 12.7. The quantitative estimate of drug-likeness (QED) is 0.775. The van der Waals surface area contributed by atoms with Crippen LogP contribution in [-0.2, 0) is 10.0 Å². The third-order valence-electron chi connectivity index (χ3n) is 5.56. The van der Waals surface area contributed by atoms with Gasteiger partial charge in [-0.25, -0.2) is 13.1 Å². The van der Waals surface area contributed by atoms with Gasteiger partial charge < -0.3 is 14.4 Å². The highest BCUT2D eigenvalue weighted by Crippen LogP contribution is 2.35. The average molecular weight is 418 g/mol. The molecule has 0 radical (unpaired) electrons. The van der Waals surface area contributed by atoms with Crippen LogP contribution in [0, 0.1) is 6.92 Å². The summed E-state index contributed by atoms with van der Waals surface area (Å²) >= 11 is 0. The maximum absolute atomic E-state index is 12.8. The van der Waals surface area contributed by atoms with Crippen LogP contribution >= 0.6 is 0 Å². The first kappa shape index (κ1) is 20.2. The van der Waals surface area contributed by atoms with Crippen molar-refractivity contribution >= 4 is 10.0 Å². The van der Waals surface area contributed by atoms with Crippen LogP contribution < -0.4 is 14.2 Å². The molecule has 0 unspecified atom stereocenters. The van der Waals surface area contributed by atoms with Crippen LogP contribution in [-0.4, -0.2) is 64.8 Å². The summed E-state index contributed by atoms with van der Waals surface area (Å²) in [7, 11) is -1.48. The van der Waals surface area contributed by atoms with Crippen molar-refractivity contribution in [2.45, 2.75) is 17.9 Å². The van der Waals surface area contributed by atoms with E-state index in [-0.39, 0.29) is 17.7 Å². The van der Waals surface area contributed by atoms with E-state index in [1.807, 2.05) is 37.3 Å². The Hall–Kier alpha value is -2.13. The van der Waals surface area contributed by atoms with E-state index < -0.39 is 10.0 Å². The monoisotopic (exact) mass is 417 g/mol. The van der Waals surface area contributed by atoms with Gasteiger partial charge in [-0.2, -0.15) is 0 Å². The molecule has 1 fully saturated rings. The minimum absolute atomic E-state index is 0.0848. The number of aryl methyl sites for hydroxylation is 1. The number of likely N-dealkylation sites (N-methyl/N-ethyl adjacent to an activating group) is 1. The van der Waals surface area contributed by atoms with E-state index >= 15 is 0 Å². The molecule has 7 nitrogen and oxygen atoms in total. The van der Waals surface area contributed by atoms with Gasteiger partial charge >= 0.3 is 0 Å². The molecule has 4 rings (SSSR count). The zero-order chi connectivity index (χ0) is 20.4. The van der Waals surface area contributed by atoms with Gasteiger partial charge in [0.15, 0.2) is 11.5 Å². The van der Waals surface area contributed by atoms with E-state index in [4.69, 9.17) is 9.47 Å². The summed E-state index contributed by atoms with van der Waals surface area (Å²) in [6.07, 6.45) is 0. The minimum Gasteiger partial charge on any atom is -0.454 e. The average Bonchev–Trinajstić information content (AvgIpc) is 3.18. The fourth-order valence-corrected chi connectivity index (χ4v) is 4.74. The summed E-state index contributed by atoms with van der Waals surface area (Å²) in [5.41, 5.74) is 2.05. The van der Waals surface area contributed by atoms with Gasteiger partial charge in [0.1, 0.15) is 0 Å². The highest BCUT2D eigenvalue weighted by Gasteiger charge is 2.27. The zero-order valence-electron chi connectivity index (χ0n) is 16.8. The number of hydrogen-bond donors (Lipinski definition) is 1. The molecule has 0 aliphatic carbocycles. The molecule has 156 valence electrons. The smallest absolute Gasteiger partial charge is 0.240 e. The van der Waals surface area contributed by atoms with E-state index in [0.29, 0.717) is 12.3 Å². The number of hydrogen-bond acceptors (Lipinski definition) is 6. The highest BCUT2D eigenvalue weighted by atomic mass is 32.2. The molecule has 2 aromatic carbocycles. The van der Waals surface area contributed by atoms with Gasteiger partial charge in [-0.05, 0) is 43.8 Å². The maximum Gasteiger partial charge on any atom is 0.240 e. The SMILES string of the molecule is Cc1ccc(S(=O)(=O)NC[C@@H](c2ccc3c(c2)OCO3)N2CCN(C)CC2)cc1. The fraction of sp³-hybridized carbons (Fsp3) is 0.429. The van der Waals surface area contributed by atoms with Crippen LogP contribution in [0.25, 0.3) is 0 Å². The second-order valence-electron chi connectivity index (χ2n) is 7.63. The van der Waals surface area contributed by atoms with Crippen LogP contribution in [0.4, 0.5) is 0 Å². The van der Waals surface area contributed by atoms with Crippen LogP contribution in [0.5, 0.6) is 11.5 Å². The lowest BCUT2D eigenvalue weighted by molar-refractivity contribution is 0.112. The Balaban J connectivity index is 1.56. The van der Waals surface area contributed by atoms with E-state index in [2.05, 4.69) is 21.6 Å². The molecule has 0 saturated carbocycles. The molecule has 0 aromatic heterocycles. The van der Waals surface area contributed by atoms with E-state index in [0.717, 1.165) is 43.1 Å². The predicted molar refractivity (Wildman–Crippen MR) is 111 cm³/mol. The standard InChI is InChI=1S/C21H27N3O4S/c1-16-3-6-18(7-4-16)29(25,26)22-14-19(24-11-9-23(2)10-12-24)17-5-8-20-21(13-17)28-15-27-20/h3-8,13,19,22H,9-12,14-15H2,1-2H3/t19-/m0/s1.